The van der Waals surface area contributed by atoms with Crippen LogP contribution in [-0.4, -0.2) is 18.3 Å². The normalized spacial score (nSPS) is 18.1. The number of hydrogen-bond donors (Lipinski definition) is 0. The Balaban J connectivity index is 2.13. The van der Waals surface area contributed by atoms with Gasteiger partial charge in [-0.3, -0.25) is 0 Å². The van der Waals surface area contributed by atoms with Crippen molar-refractivity contribution in [3.8, 4) is 11.3 Å². The van der Waals surface area contributed by atoms with Crippen LogP contribution in [0.1, 0.15) is 34.0 Å². The van der Waals surface area contributed by atoms with Crippen LogP contribution in [0.15, 0.2) is 42.6 Å². The standard InChI is InChI=1S/C20H27GeN/c1-21(2,3)19-15-22-20(17-11-5-4-6-12-17)14-18(19)13-16-9-7-8-10-16/h4-6,11-12,14-16H,7-10,13H2,1-3H3/i13D2. The summed E-state index contributed by atoms with van der Waals surface area (Å²) in [6.07, 6.45) is 5.06. The number of hydrogen-bond acceptors (Lipinski definition) is 1. The van der Waals surface area contributed by atoms with Crippen LogP contribution in [0.5, 0.6) is 0 Å². The zero-order valence-electron chi connectivity index (χ0n) is 15.9. The monoisotopic (exact) mass is 357 g/mol. The van der Waals surface area contributed by atoms with E-state index >= 15 is 0 Å². The van der Waals surface area contributed by atoms with Gasteiger partial charge in [-0.2, -0.15) is 0 Å². The third-order valence-electron chi connectivity index (χ3n) is 4.50. The van der Waals surface area contributed by atoms with E-state index in [-0.39, 0.29) is 5.92 Å². The molecule has 2 heteroatoms. The predicted molar refractivity (Wildman–Crippen MR) is 98.3 cm³/mol. The summed E-state index contributed by atoms with van der Waals surface area (Å²) in [5, 5.41) is 0. The summed E-state index contributed by atoms with van der Waals surface area (Å²) in [6.45, 7) is 0. The summed E-state index contributed by atoms with van der Waals surface area (Å²) < 4.78 is 19.0. The van der Waals surface area contributed by atoms with Gasteiger partial charge in [0.25, 0.3) is 0 Å². The van der Waals surface area contributed by atoms with Crippen molar-refractivity contribution in [3.05, 3.63) is 48.2 Å². The van der Waals surface area contributed by atoms with Crippen molar-refractivity contribution in [3.63, 3.8) is 0 Å². The Bertz CT molecular complexity index is 701. The molecule has 0 unspecified atom stereocenters. The fourth-order valence-electron chi connectivity index (χ4n) is 3.23. The van der Waals surface area contributed by atoms with Gasteiger partial charge in [0.15, 0.2) is 0 Å². The minimum absolute atomic E-state index is 0.145. The van der Waals surface area contributed by atoms with Crippen molar-refractivity contribution in [2.45, 2.75) is 49.3 Å². The molecular weight excluding hydrogens is 327 g/mol. The van der Waals surface area contributed by atoms with Crippen molar-refractivity contribution in [2.24, 2.45) is 5.92 Å². The summed E-state index contributed by atoms with van der Waals surface area (Å²) in [5.41, 5.74) is 2.87. The van der Waals surface area contributed by atoms with Crippen LogP contribution < -0.4 is 4.40 Å². The second-order valence-electron chi connectivity index (χ2n) is 7.36. The Morgan fingerprint density at radius 1 is 1.14 bits per heavy atom. The first-order valence-corrected chi connectivity index (χ1v) is 15.7. The molecule has 0 N–H and O–H groups in total. The molecule has 3 rings (SSSR count). The summed E-state index contributed by atoms with van der Waals surface area (Å²) in [6, 6.07) is 12.2. The fourth-order valence-corrected chi connectivity index (χ4v) is 6.18. The molecule has 0 spiro atoms. The molecular formula is C20H27GeN. The van der Waals surface area contributed by atoms with Crippen molar-refractivity contribution in [2.75, 3.05) is 0 Å². The molecule has 1 saturated carbocycles. The van der Waals surface area contributed by atoms with Gasteiger partial charge in [0.1, 0.15) is 0 Å². The van der Waals surface area contributed by atoms with Crippen LogP contribution in [0.25, 0.3) is 11.3 Å². The van der Waals surface area contributed by atoms with Gasteiger partial charge in [-0.05, 0) is 0 Å². The van der Waals surface area contributed by atoms with Crippen LogP contribution in [0, 0.1) is 5.92 Å². The molecule has 1 aromatic heterocycles. The van der Waals surface area contributed by atoms with Crippen molar-refractivity contribution in [1.29, 1.82) is 0 Å². The van der Waals surface area contributed by atoms with Crippen molar-refractivity contribution < 1.29 is 2.74 Å². The Labute approximate surface area is 140 Å². The minimum atomic E-state index is -2.21. The van der Waals surface area contributed by atoms with Gasteiger partial charge in [-0.15, -0.1) is 0 Å². The molecule has 2 aromatic rings. The van der Waals surface area contributed by atoms with E-state index in [0.717, 1.165) is 42.5 Å². The first-order chi connectivity index (χ1) is 11.3. The average molecular weight is 356 g/mol. The predicted octanol–water partition coefficient (Wildman–Crippen LogP) is 5.03. The molecule has 0 aliphatic heterocycles. The van der Waals surface area contributed by atoms with E-state index in [1.54, 1.807) is 0 Å². The number of benzene rings is 1. The van der Waals surface area contributed by atoms with E-state index in [2.05, 4.69) is 29.4 Å². The molecule has 116 valence electrons. The molecule has 22 heavy (non-hydrogen) atoms. The van der Waals surface area contributed by atoms with Crippen LogP contribution in [0.3, 0.4) is 0 Å². The van der Waals surface area contributed by atoms with Gasteiger partial charge in [-0.1, -0.05) is 0 Å². The Morgan fingerprint density at radius 3 is 2.45 bits per heavy atom. The van der Waals surface area contributed by atoms with Gasteiger partial charge in [0, 0.05) is 0 Å². The Morgan fingerprint density at radius 2 is 1.82 bits per heavy atom. The van der Waals surface area contributed by atoms with Crippen molar-refractivity contribution >= 4 is 17.7 Å². The quantitative estimate of drug-likeness (QED) is 0.701. The average Bonchev–Trinajstić information content (AvgIpc) is 3.09. The first-order valence-electron chi connectivity index (χ1n) is 9.36. The molecule has 1 fully saturated rings. The molecule has 1 nitrogen and oxygen atoms in total. The number of aromatic nitrogens is 1. The zero-order chi connectivity index (χ0) is 17.4. The summed E-state index contributed by atoms with van der Waals surface area (Å²) >= 11 is -2.21. The van der Waals surface area contributed by atoms with Crippen LogP contribution >= 0.6 is 0 Å². The van der Waals surface area contributed by atoms with Crippen LogP contribution in [0.2, 0.25) is 17.3 Å². The van der Waals surface area contributed by atoms with E-state index in [0.29, 0.717) is 0 Å². The van der Waals surface area contributed by atoms with E-state index in [1.165, 1.54) is 4.40 Å². The molecule has 1 aliphatic rings. The van der Waals surface area contributed by atoms with Gasteiger partial charge in [-0.25, -0.2) is 0 Å². The molecule has 1 aromatic carbocycles. The fraction of sp³-hybridized carbons (Fsp3) is 0.450. The number of rotatable bonds is 4. The molecule has 0 atom stereocenters. The summed E-state index contributed by atoms with van der Waals surface area (Å²) in [5.74, 6) is 7.13. The van der Waals surface area contributed by atoms with Gasteiger partial charge >= 0.3 is 140 Å². The Kier molecular flexibility index (Phi) is 3.99. The third kappa shape index (κ3) is 3.63. The zero-order valence-corrected chi connectivity index (χ0v) is 16.0. The number of pyridine rings is 1. The summed E-state index contributed by atoms with van der Waals surface area (Å²) in [7, 11) is 0. The molecule has 0 bridgehead atoms. The topological polar surface area (TPSA) is 12.9 Å². The van der Waals surface area contributed by atoms with Gasteiger partial charge < -0.3 is 0 Å². The maximum atomic E-state index is 8.91. The third-order valence-corrected chi connectivity index (χ3v) is 8.72. The maximum absolute atomic E-state index is 8.91. The van der Waals surface area contributed by atoms with E-state index in [1.807, 2.05) is 30.5 Å². The van der Waals surface area contributed by atoms with E-state index < -0.39 is 19.6 Å². The molecule has 0 radical (unpaired) electrons. The van der Waals surface area contributed by atoms with Crippen LogP contribution in [-0.2, 0) is 6.37 Å². The molecule has 0 amide bonds. The van der Waals surface area contributed by atoms with Gasteiger partial charge in [0.05, 0.1) is 0 Å². The second-order valence-corrected chi connectivity index (χ2v) is 17.9. The molecule has 0 saturated heterocycles. The van der Waals surface area contributed by atoms with E-state index in [4.69, 9.17) is 7.73 Å². The SMILES string of the molecule is [2H]C([2H])(c1cc(-c2ccccc2)nc[c]1[Ge]([CH3])([CH3])[CH3])C1CCCC1. The number of nitrogens with zero attached hydrogens (tertiary/aromatic N) is 1. The second kappa shape index (κ2) is 6.58. The summed E-state index contributed by atoms with van der Waals surface area (Å²) in [4.78, 5) is 4.70. The molecule has 1 aliphatic carbocycles. The molecule has 1 heterocycles. The van der Waals surface area contributed by atoms with Crippen molar-refractivity contribution in [1.82, 2.24) is 4.98 Å². The van der Waals surface area contributed by atoms with E-state index in [9.17, 15) is 0 Å². The van der Waals surface area contributed by atoms with Gasteiger partial charge in [0.2, 0.25) is 0 Å². The van der Waals surface area contributed by atoms with Crippen LogP contribution in [0.4, 0.5) is 0 Å². The first kappa shape index (κ1) is 13.4. The Hall–Kier alpha value is -1.09.